The number of nitrogens with zero attached hydrogens (tertiary/aromatic N) is 3. The first-order valence-corrected chi connectivity index (χ1v) is 5.96. The highest BCUT2D eigenvalue weighted by Gasteiger charge is 2.09. The summed E-state index contributed by atoms with van der Waals surface area (Å²) < 4.78 is 1.71. The molecule has 3 aromatic rings. The van der Waals surface area contributed by atoms with Gasteiger partial charge in [0.1, 0.15) is 11.2 Å². The zero-order valence-electron chi connectivity index (χ0n) is 10.2. The number of hydrogen-bond donors (Lipinski definition) is 2. The standard InChI is InChI=1S/C13H13N5O/c14-6-11-16-12-10(13(19)17-11)7-15-18(12)8-9-4-2-1-3-5-9/h1-5,7H,6,8,14H2,(H,16,17,19). The predicted octanol–water partition coefficient (Wildman–Crippen LogP) is 0.627. The molecule has 0 saturated carbocycles. The van der Waals surface area contributed by atoms with Crippen molar-refractivity contribution in [2.45, 2.75) is 13.1 Å². The molecule has 2 heterocycles. The molecule has 0 saturated heterocycles. The number of nitrogens with one attached hydrogen (secondary N) is 1. The van der Waals surface area contributed by atoms with Gasteiger partial charge in [-0.05, 0) is 5.56 Å². The first kappa shape index (κ1) is 11.6. The van der Waals surface area contributed by atoms with E-state index in [1.54, 1.807) is 4.68 Å². The van der Waals surface area contributed by atoms with Crippen molar-refractivity contribution in [2.75, 3.05) is 0 Å². The van der Waals surface area contributed by atoms with Crippen LogP contribution in [0.15, 0.2) is 41.3 Å². The van der Waals surface area contributed by atoms with Gasteiger partial charge < -0.3 is 10.7 Å². The van der Waals surface area contributed by atoms with Crippen LogP contribution < -0.4 is 11.3 Å². The molecule has 0 fully saturated rings. The van der Waals surface area contributed by atoms with Crippen LogP contribution in [0.5, 0.6) is 0 Å². The second-order valence-electron chi connectivity index (χ2n) is 4.24. The van der Waals surface area contributed by atoms with Crippen molar-refractivity contribution >= 4 is 11.0 Å². The molecule has 0 spiro atoms. The van der Waals surface area contributed by atoms with Gasteiger partial charge in [-0.2, -0.15) is 5.10 Å². The molecule has 19 heavy (non-hydrogen) atoms. The Balaban J connectivity index is 2.10. The lowest BCUT2D eigenvalue weighted by atomic mass is 10.2. The van der Waals surface area contributed by atoms with Crippen LogP contribution in [0.2, 0.25) is 0 Å². The van der Waals surface area contributed by atoms with Crippen molar-refractivity contribution in [3.63, 3.8) is 0 Å². The maximum atomic E-state index is 11.8. The molecule has 96 valence electrons. The summed E-state index contributed by atoms with van der Waals surface area (Å²) in [6.07, 6.45) is 1.53. The van der Waals surface area contributed by atoms with Crippen molar-refractivity contribution in [1.29, 1.82) is 0 Å². The van der Waals surface area contributed by atoms with E-state index < -0.39 is 0 Å². The molecule has 6 nitrogen and oxygen atoms in total. The average molecular weight is 255 g/mol. The Bertz CT molecular complexity index is 760. The van der Waals surface area contributed by atoms with E-state index in [1.165, 1.54) is 6.20 Å². The van der Waals surface area contributed by atoms with Gasteiger partial charge >= 0.3 is 0 Å². The molecule has 0 aliphatic rings. The van der Waals surface area contributed by atoms with Crippen molar-refractivity contribution in [2.24, 2.45) is 5.73 Å². The molecule has 0 aliphatic carbocycles. The summed E-state index contributed by atoms with van der Waals surface area (Å²) in [6, 6.07) is 9.90. The third-order valence-corrected chi connectivity index (χ3v) is 2.92. The van der Waals surface area contributed by atoms with E-state index in [0.717, 1.165) is 5.56 Å². The highest BCUT2D eigenvalue weighted by Crippen LogP contribution is 2.09. The van der Waals surface area contributed by atoms with Crippen LogP contribution in [-0.2, 0) is 13.1 Å². The minimum Gasteiger partial charge on any atom is -0.324 e. The lowest BCUT2D eigenvalue weighted by Crippen LogP contribution is -2.15. The van der Waals surface area contributed by atoms with E-state index in [0.29, 0.717) is 23.4 Å². The Labute approximate surface area is 108 Å². The van der Waals surface area contributed by atoms with Crippen molar-refractivity contribution in [3.8, 4) is 0 Å². The van der Waals surface area contributed by atoms with Gasteiger partial charge in [0.25, 0.3) is 5.56 Å². The van der Waals surface area contributed by atoms with Crippen LogP contribution in [0.25, 0.3) is 11.0 Å². The summed E-state index contributed by atoms with van der Waals surface area (Å²) >= 11 is 0. The molecule has 0 bridgehead atoms. The minimum atomic E-state index is -0.204. The molecule has 2 aromatic heterocycles. The summed E-state index contributed by atoms with van der Waals surface area (Å²) in [4.78, 5) is 18.8. The van der Waals surface area contributed by atoms with Crippen LogP contribution >= 0.6 is 0 Å². The molecule has 6 heteroatoms. The van der Waals surface area contributed by atoms with Crippen molar-refractivity contribution < 1.29 is 0 Å². The molecule has 0 amide bonds. The molecular formula is C13H13N5O. The van der Waals surface area contributed by atoms with Gasteiger partial charge in [-0.1, -0.05) is 30.3 Å². The monoisotopic (exact) mass is 255 g/mol. The molecule has 1 aromatic carbocycles. The first-order valence-electron chi connectivity index (χ1n) is 5.96. The van der Waals surface area contributed by atoms with Gasteiger partial charge in [0.05, 0.1) is 19.3 Å². The largest absolute Gasteiger partial charge is 0.324 e. The maximum Gasteiger partial charge on any atom is 0.262 e. The van der Waals surface area contributed by atoms with Crippen LogP contribution in [0.1, 0.15) is 11.4 Å². The minimum absolute atomic E-state index is 0.196. The third kappa shape index (κ3) is 2.13. The van der Waals surface area contributed by atoms with Gasteiger partial charge in [0.15, 0.2) is 5.65 Å². The quantitative estimate of drug-likeness (QED) is 0.718. The van der Waals surface area contributed by atoms with Crippen LogP contribution in [-0.4, -0.2) is 19.7 Å². The van der Waals surface area contributed by atoms with Gasteiger partial charge in [-0.3, -0.25) is 4.79 Å². The smallest absolute Gasteiger partial charge is 0.262 e. The zero-order chi connectivity index (χ0) is 13.2. The fraction of sp³-hybridized carbons (Fsp3) is 0.154. The summed E-state index contributed by atoms with van der Waals surface area (Å²) in [6.45, 7) is 0.770. The first-order chi connectivity index (χ1) is 9.28. The van der Waals surface area contributed by atoms with Crippen LogP contribution in [0.4, 0.5) is 0 Å². The lowest BCUT2D eigenvalue weighted by Gasteiger charge is -2.03. The number of rotatable bonds is 3. The van der Waals surface area contributed by atoms with Crippen molar-refractivity contribution in [3.05, 3.63) is 58.3 Å². The Kier molecular flexibility index (Phi) is 2.85. The summed E-state index contributed by atoms with van der Waals surface area (Å²) in [7, 11) is 0. The number of aromatic nitrogens is 4. The molecule has 0 aliphatic heterocycles. The highest BCUT2D eigenvalue weighted by molar-refractivity contribution is 5.73. The number of benzene rings is 1. The van der Waals surface area contributed by atoms with Gasteiger partial charge in [-0.25, -0.2) is 9.67 Å². The van der Waals surface area contributed by atoms with Crippen LogP contribution in [0.3, 0.4) is 0 Å². The Morgan fingerprint density at radius 3 is 2.79 bits per heavy atom. The van der Waals surface area contributed by atoms with Crippen LogP contribution in [0, 0.1) is 0 Å². The normalized spacial score (nSPS) is 11.0. The zero-order valence-corrected chi connectivity index (χ0v) is 10.2. The Morgan fingerprint density at radius 2 is 2.05 bits per heavy atom. The number of fused-ring (bicyclic) bond motifs is 1. The second kappa shape index (κ2) is 4.66. The van der Waals surface area contributed by atoms with Crippen molar-refractivity contribution in [1.82, 2.24) is 19.7 Å². The van der Waals surface area contributed by atoms with Gasteiger partial charge in [0, 0.05) is 0 Å². The lowest BCUT2D eigenvalue weighted by molar-refractivity contribution is 0.700. The number of hydrogen-bond acceptors (Lipinski definition) is 4. The van der Waals surface area contributed by atoms with E-state index in [4.69, 9.17) is 5.73 Å². The molecule has 0 unspecified atom stereocenters. The summed E-state index contributed by atoms with van der Waals surface area (Å²) in [5.41, 5.74) is 6.98. The van der Waals surface area contributed by atoms with E-state index >= 15 is 0 Å². The summed E-state index contributed by atoms with van der Waals surface area (Å²) in [5, 5.41) is 4.70. The summed E-state index contributed by atoms with van der Waals surface area (Å²) in [5.74, 6) is 0.465. The fourth-order valence-corrected chi connectivity index (χ4v) is 1.98. The molecule has 0 radical (unpaired) electrons. The molecular weight excluding hydrogens is 242 g/mol. The average Bonchev–Trinajstić information content (AvgIpc) is 2.83. The molecule has 0 atom stereocenters. The molecule has 3 rings (SSSR count). The van der Waals surface area contributed by atoms with Gasteiger partial charge in [-0.15, -0.1) is 0 Å². The second-order valence-corrected chi connectivity index (χ2v) is 4.24. The molecule has 3 N–H and O–H groups in total. The Hall–Kier alpha value is -2.47. The third-order valence-electron chi connectivity index (χ3n) is 2.92. The SMILES string of the molecule is NCc1nc2c(cnn2Cc2ccccc2)c(=O)[nH]1. The van der Waals surface area contributed by atoms with E-state index in [-0.39, 0.29) is 12.1 Å². The fourth-order valence-electron chi connectivity index (χ4n) is 1.98. The van der Waals surface area contributed by atoms with Gasteiger partial charge in [0.2, 0.25) is 0 Å². The predicted molar refractivity (Wildman–Crippen MR) is 71.6 cm³/mol. The van der Waals surface area contributed by atoms with E-state index in [2.05, 4.69) is 15.1 Å². The Morgan fingerprint density at radius 1 is 1.26 bits per heavy atom. The number of aromatic amines is 1. The van der Waals surface area contributed by atoms with E-state index in [9.17, 15) is 4.79 Å². The van der Waals surface area contributed by atoms with E-state index in [1.807, 2.05) is 30.3 Å². The number of H-pyrrole nitrogens is 1. The maximum absolute atomic E-state index is 11.8. The topological polar surface area (TPSA) is 89.6 Å². The highest BCUT2D eigenvalue weighted by atomic mass is 16.1. The number of nitrogens with two attached hydrogens (primary N) is 1.